The maximum absolute atomic E-state index is 12.1. The zero-order chi connectivity index (χ0) is 17.8. The molecule has 0 saturated carbocycles. The van der Waals surface area contributed by atoms with Gasteiger partial charge < -0.3 is 0 Å². The number of hydrogen-bond acceptors (Lipinski definition) is 5. The van der Waals surface area contributed by atoms with Gasteiger partial charge in [0.2, 0.25) is 5.95 Å². The molecule has 1 amide bonds. The molecule has 8 nitrogen and oxygen atoms in total. The van der Waals surface area contributed by atoms with Crippen molar-refractivity contribution in [2.75, 3.05) is 5.32 Å². The van der Waals surface area contributed by atoms with E-state index in [0.717, 1.165) is 5.56 Å². The summed E-state index contributed by atoms with van der Waals surface area (Å²) in [6, 6.07) is 12.6. The van der Waals surface area contributed by atoms with Crippen LogP contribution >= 0.6 is 11.6 Å². The average molecular weight is 358 g/mol. The van der Waals surface area contributed by atoms with Crippen molar-refractivity contribution in [3.8, 4) is 0 Å². The molecule has 126 valence electrons. The Labute approximate surface area is 147 Å². The van der Waals surface area contributed by atoms with Gasteiger partial charge in [-0.1, -0.05) is 29.8 Å². The van der Waals surface area contributed by atoms with E-state index in [-0.39, 0.29) is 17.2 Å². The second-order valence-corrected chi connectivity index (χ2v) is 5.52. The van der Waals surface area contributed by atoms with Crippen LogP contribution in [-0.2, 0) is 6.54 Å². The molecular formula is C16H12ClN5O3. The van der Waals surface area contributed by atoms with E-state index in [9.17, 15) is 14.9 Å². The maximum atomic E-state index is 12.1. The van der Waals surface area contributed by atoms with Crippen LogP contribution in [0.2, 0.25) is 5.02 Å². The highest BCUT2D eigenvalue weighted by Crippen LogP contribution is 2.16. The third kappa shape index (κ3) is 3.99. The molecule has 0 saturated heterocycles. The zero-order valence-electron chi connectivity index (χ0n) is 12.8. The van der Waals surface area contributed by atoms with E-state index in [1.807, 2.05) is 18.2 Å². The Morgan fingerprint density at radius 2 is 1.92 bits per heavy atom. The van der Waals surface area contributed by atoms with Crippen molar-refractivity contribution in [3.63, 3.8) is 0 Å². The van der Waals surface area contributed by atoms with Crippen LogP contribution in [0.4, 0.5) is 11.6 Å². The highest BCUT2D eigenvalue weighted by atomic mass is 35.5. The van der Waals surface area contributed by atoms with Gasteiger partial charge in [-0.2, -0.15) is 0 Å². The number of amides is 1. The standard InChI is InChI=1S/C16H12ClN5O3/c17-14-4-2-1-3-12(14)9-21-10-18-16(20-21)19-15(23)11-5-7-13(8-6-11)22(24)25/h1-8,10H,9H2,(H,19,20,23). The monoisotopic (exact) mass is 357 g/mol. The molecule has 0 fully saturated rings. The summed E-state index contributed by atoms with van der Waals surface area (Å²) in [7, 11) is 0. The van der Waals surface area contributed by atoms with Gasteiger partial charge in [0.05, 0.1) is 11.5 Å². The molecule has 0 radical (unpaired) electrons. The summed E-state index contributed by atoms with van der Waals surface area (Å²) in [5.74, 6) is -0.319. The highest BCUT2D eigenvalue weighted by molar-refractivity contribution is 6.31. The van der Waals surface area contributed by atoms with Crippen LogP contribution in [0.5, 0.6) is 0 Å². The van der Waals surface area contributed by atoms with Gasteiger partial charge in [-0.3, -0.25) is 20.2 Å². The number of nitro benzene ring substituents is 1. The second-order valence-electron chi connectivity index (χ2n) is 5.12. The summed E-state index contributed by atoms with van der Waals surface area (Å²) in [6.45, 7) is 0.417. The molecular weight excluding hydrogens is 346 g/mol. The molecule has 2 aromatic carbocycles. The molecule has 3 rings (SSSR count). The molecule has 1 aromatic heterocycles. The molecule has 1 heterocycles. The molecule has 0 unspecified atom stereocenters. The Balaban J connectivity index is 1.67. The van der Waals surface area contributed by atoms with Crippen LogP contribution in [0.3, 0.4) is 0 Å². The number of nitro groups is 1. The molecule has 0 spiro atoms. The minimum absolute atomic E-state index is 0.0845. The lowest BCUT2D eigenvalue weighted by Crippen LogP contribution is -2.13. The van der Waals surface area contributed by atoms with Crippen molar-refractivity contribution in [2.24, 2.45) is 0 Å². The number of rotatable bonds is 5. The molecule has 0 atom stereocenters. The minimum Gasteiger partial charge on any atom is -0.289 e. The Morgan fingerprint density at radius 1 is 1.20 bits per heavy atom. The number of carbonyl (C=O) groups excluding carboxylic acids is 1. The first-order chi connectivity index (χ1) is 12.0. The predicted molar refractivity (Wildman–Crippen MR) is 91.6 cm³/mol. The zero-order valence-corrected chi connectivity index (χ0v) is 13.6. The number of nitrogens with one attached hydrogen (secondary N) is 1. The lowest BCUT2D eigenvalue weighted by atomic mass is 10.2. The Bertz CT molecular complexity index is 924. The number of aromatic nitrogens is 3. The fourth-order valence-corrected chi connectivity index (χ4v) is 2.33. The summed E-state index contributed by atoms with van der Waals surface area (Å²) >= 11 is 6.10. The fraction of sp³-hybridized carbons (Fsp3) is 0.0625. The van der Waals surface area contributed by atoms with Gasteiger partial charge in [0.1, 0.15) is 6.33 Å². The van der Waals surface area contributed by atoms with Gasteiger partial charge in [0.25, 0.3) is 11.6 Å². The van der Waals surface area contributed by atoms with Gasteiger partial charge in [-0.25, -0.2) is 9.67 Å². The molecule has 0 aliphatic carbocycles. The van der Waals surface area contributed by atoms with E-state index >= 15 is 0 Å². The molecule has 1 N–H and O–H groups in total. The van der Waals surface area contributed by atoms with E-state index in [4.69, 9.17) is 11.6 Å². The first-order valence-corrected chi connectivity index (χ1v) is 7.59. The summed E-state index contributed by atoms with van der Waals surface area (Å²) in [6.07, 6.45) is 1.48. The Hall–Kier alpha value is -3.26. The van der Waals surface area contributed by atoms with Crippen molar-refractivity contribution in [1.82, 2.24) is 14.8 Å². The number of halogens is 1. The Morgan fingerprint density at radius 3 is 2.60 bits per heavy atom. The minimum atomic E-state index is -0.528. The van der Waals surface area contributed by atoms with Gasteiger partial charge in [0.15, 0.2) is 0 Å². The van der Waals surface area contributed by atoms with Gasteiger partial charge in [-0.05, 0) is 23.8 Å². The van der Waals surface area contributed by atoms with Gasteiger partial charge in [0, 0.05) is 22.7 Å². The number of anilines is 1. The van der Waals surface area contributed by atoms with E-state index < -0.39 is 10.8 Å². The van der Waals surface area contributed by atoms with Crippen molar-refractivity contribution in [3.05, 3.63) is 81.1 Å². The molecule has 25 heavy (non-hydrogen) atoms. The predicted octanol–water partition coefficient (Wildman–Crippen LogP) is 3.14. The van der Waals surface area contributed by atoms with Crippen LogP contribution < -0.4 is 5.32 Å². The first-order valence-electron chi connectivity index (χ1n) is 7.21. The SMILES string of the molecule is O=C(Nc1ncn(Cc2ccccc2Cl)n1)c1ccc([N+](=O)[O-])cc1. The van der Waals surface area contributed by atoms with Crippen LogP contribution in [-0.4, -0.2) is 25.6 Å². The van der Waals surface area contributed by atoms with Crippen LogP contribution in [0, 0.1) is 10.1 Å². The van der Waals surface area contributed by atoms with Crippen molar-refractivity contribution >= 4 is 29.1 Å². The molecule has 0 bridgehead atoms. The normalized spacial score (nSPS) is 10.4. The number of hydrogen-bond donors (Lipinski definition) is 1. The van der Waals surface area contributed by atoms with Crippen LogP contribution in [0.15, 0.2) is 54.9 Å². The Kier molecular flexibility index (Phi) is 4.71. The van der Waals surface area contributed by atoms with Crippen molar-refractivity contribution in [1.29, 1.82) is 0 Å². The second kappa shape index (κ2) is 7.10. The number of carbonyl (C=O) groups is 1. The summed E-state index contributed by atoms with van der Waals surface area (Å²) in [5.41, 5.74) is 1.06. The van der Waals surface area contributed by atoms with E-state index in [1.54, 1.807) is 10.7 Å². The number of benzene rings is 2. The third-order valence-corrected chi connectivity index (χ3v) is 3.76. The van der Waals surface area contributed by atoms with Crippen LogP contribution in [0.1, 0.15) is 15.9 Å². The molecule has 0 aliphatic rings. The lowest BCUT2D eigenvalue weighted by Gasteiger charge is -2.03. The fourth-order valence-electron chi connectivity index (χ4n) is 2.14. The number of non-ortho nitro benzene ring substituents is 1. The van der Waals surface area contributed by atoms with Gasteiger partial charge in [-0.15, -0.1) is 5.10 Å². The summed E-state index contributed by atoms with van der Waals surface area (Å²) < 4.78 is 1.55. The van der Waals surface area contributed by atoms with Crippen molar-refractivity contribution in [2.45, 2.75) is 6.54 Å². The summed E-state index contributed by atoms with van der Waals surface area (Å²) in [4.78, 5) is 26.2. The maximum Gasteiger partial charge on any atom is 0.269 e. The van der Waals surface area contributed by atoms with E-state index in [2.05, 4.69) is 15.4 Å². The summed E-state index contributed by atoms with van der Waals surface area (Å²) in [5, 5.41) is 18.0. The quantitative estimate of drug-likeness (QED) is 0.558. The van der Waals surface area contributed by atoms with E-state index in [0.29, 0.717) is 11.6 Å². The third-order valence-electron chi connectivity index (χ3n) is 3.39. The molecule has 0 aliphatic heterocycles. The molecule has 3 aromatic rings. The first kappa shape index (κ1) is 16.6. The largest absolute Gasteiger partial charge is 0.289 e. The topological polar surface area (TPSA) is 103 Å². The smallest absolute Gasteiger partial charge is 0.269 e. The average Bonchev–Trinajstić information content (AvgIpc) is 3.04. The molecule has 9 heteroatoms. The van der Waals surface area contributed by atoms with Gasteiger partial charge >= 0.3 is 0 Å². The highest BCUT2D eigenvalue weighted by Gasteiger charge is 2.12. The lowest BCUT2D eigenvalue weighted by molar-refractivity contribution is -0.384. The van der Waals surface area contributed by atoms with E-state index in [1.165, 1.54) is 30.6 Å². The van der Waals surface area contributed by atoms with Crippen LogP contribution in [0.25, 0.3) is 0 Å². The number of nitrogens with zero attached hydrogens (tertiary/aromatic N) is 4. The van der Waals surface area contributed by atoms with Crippen molar-refractivity contribution < 1.29 is 9.72 Å².